The van der Waals surface area contributed by atoms with Crippen molar-refractivity contribution in [3.63, 3.8) is 0 Å². The molecule has 0 amide bonds. The van der Waals surface area contributed by atoms with Gasteiger partial charge in [0, 0.05) is 13.8 Å². The minimum atomic E-state index is -1.56. The first-order valence-electron chi connectivity index (χ1n) is 5.96. The SMILES string of the molecule is CC(=O)OC1(C)Oc2ccc3ccccc3c2C1=O. The number of hydrogen-bond acceptors (Lipinski definition) is 4. The first kappa shape index (κ1) is 11.7. The molecule has 2 aromatic carbocycles. The van der Waals surface area contributed by atoms with Crippen molar-refractivity contribution >= 4 is 22.5 Å². The van der Waals surface area contributed by atoms with Crippen molar-refractivity contribution in [1.82, 2.24) is 0 Å². The molecule has 19 heavy (non-hydrogen) atoms. The minimum Gasteiger partial charge on any atom is -0.445 e. The van der Waals surface area contributed by atoms with Gasteiger partial charge in [-0.15, -0.1) is 0 Å². The Kier molecular flexibility index (Phi) is 2.35. The molecule has 0 radical (unpaired) electrons. The second-order valence-electron chi connectivity index (χ2n) is 4.63. The van der Waals surface area contributed by atoms with Gasteiger partial charge in [0.2, 0.25) is 0 Å². The summed E-state index contributed by atoms with van der Waals surface area (Å²) in [6.45, 7) is 2.72. The Labute approximate surface area is 109 Å². The van der Waals surface area contributed by atoms with E-state index in [0.29, 0.717) is 11.3 Å². The van der Waals surface area contributed by atoms with E-state index < -0.39 is 11.8 Å². The Morgan fingerprint density at radius 1 is 1.21 bits per heavy atom. The van der Waals surface area contributed by atoms with Crippen LogP contribution in [0.2, 0.25) is 0 Å². The van der Waals surface area contributed by atoms with Gasteiger partial charge in [-0.1, -0.05) is 30.3 Å². The van der Waals surface area contributed by atoms with E-state index in [1.807, 2.05) is 30.3 Å². The molecule has 0 aliphatic carbocycles. The molecule has 2 aromatic rings. The molecule has 1 heterocycles. The number of rotatable bonds is 1. The van der Waals surface area contributed by atoms with Crippen molar-refractivity contribution in [3.05, 3.63) is 42.0 Å². The molecule has 1 aliphatic heterocycles. The molecule has 4 heteroatoms. The monoisotopic (exact) mass is 256 g/mol. The zero-order valence-corrected chi connectivity index (χ0v) is 10.6. The molecule has 96 valence electrons. The third-order valence-corrected chi connectivity index (χ3v) is 3.17. The van der Waals surface area contributed by atoms with Crippen LogP contribution in [0, 0.1) is 0 Å². The van der Waals surface area contributed by atoms with E-state index >= 15 is 0 Å². The number of ether oxygens (including phenoxy) is 2. The van der Waals surface area contributed by atoms with E-state index in [1.165, 1.54) is 13.8 Å². The molecule has 0 saturated carbocycles. The first-order chi connectivity index (χ1) is 9.01. The quantitative estimate of drug-likeness (QED) is 0.736. The summed E-state index contributed by atoms with van der Waals surface area (Å²) in [4.78, 5) is 23.6. The maximum absolute atomic E-state index is 12.5. The summed E-state index contributed by atoms with van der Waals surface area (Å²) < 4.78 is 10.6. The van der Waals surface area contributed by atoms with Crippen LogP contribution in [0.15, 0.2) is 36.4 Å². The Morgan fingerprint density at radius 2 is 1.95 bits per heavy atom. The molecule has 0 saturated heterocycles. The maximum atomic E-state index is 12.5. The third-order valence-electron chi connectivity index (χ3n) is 3.17. The van der Waals surface area contributed by atoms with Crippen LogP contribution >= 0.6 is 0 Å². The maximum Gasteiger partial charge on any atom is 0.315 e. The summed E-state index contributed by atoms with van der Waals surface area (Å²) in [5.74, 6) is -1.98. The highest BCUT2D eigenvalue weighted by molar-refractivity contribution is 6.16. The number of carbonyl (C=O) groups excluding carboxylic acids is 2. The number of ketones is 1. The van der Waals surface area contributed by atoms with Gasteiger partial charge in [-0.25, -0.2) is 0 Å². The molecule has 1 unspecified atom stereocenters. The zero-order chi connectivity index (χ0) is 13.6. The van der Waals surface area contributed by atoms with Crippen molar-refractivity contribution < 1.29 is 19.1 Å². The molecule has 1 atom stereocenters. The Bertz CT molecular complexity index is 704. The summed E-state index contributed by atoms with van der Waals surface area (Å²) in [7, 11) is 0. The van der Waals surface area contributed by atoms with Crippen LogP contribution in [-0.4, -0.2) is 17.5 Å². The van der Waals surface area contributed by atoms with Crippen LogP contribution in [0.4, 0.5) is 0 Å². The summed E-state index contributed by atoms with van der Waals surface area (Å²) >= 11 is 0. The molecule has 1 aliphatic rings. The first-order valence-corrected chi connectivity index (χ1v) is 5.96. The van der Waals surface area contributed by atoms with Gasteiger partial charge >= 0.3 is 11.8 Å². The van der Waals surface area contributed by atoms with E-state index in [4.69, 9.17) is 9.47 Å². The van der Waals surface area contributed by atoms with Gasteiger partial charge in [-0.05, 0) is 16.8 Å². The lowest BCUT2D eigenvalue weighted by Crippen LogP contribution is -2.41. The van der Waals surface area contributed by atoms with E-state index in [1.54, 1.807) is 6.07 Å². The Morgan fingerprint density at radius 3 is 2.68 bits per heavy atom. The lowest BCUT2D eigenvalue weighted by molar-refractivity contribution is -0.172. The molecule has 4 nitrogen and oxygen atoms in total. The highest BCUT2D eigenvalue weighted by Crippen LogP contribution is 2.39. The van der Waals surface area contributed by atoms with E-state index in [2.05, 4.69) is 0 Å². The highest BCUT2D eigenvalue weighted by atomic mass is 16.7. The minimum absolute atomic E-state index is 0.325. The van der Waals surface area contributed by atoms with Crippen molar-refractivity contribution in [2.24, 2.45) is 0 Å². The van der Waals surface area contributed by atoms with Gasteiger partial charge in [0.05, 0.1) is 5.56 Å². The predicted octanol–water partition coefficient (Wildman–Crippen LogP) is 2.69. The molecule has 0 bridgehead atoms. The van der Waals surface area contributed by atoms with E-state index in [-0.39, 0.29) is 5.78 Å². The fourth-order valence-corrected chi connectivity index (χ4v) is 2.40. The number of benzene rings is 2. The summed E-state index contributed by atoms with van der Waals surface area (Å²) in [6, 6.07) is 11.1. The largest absolute Gasteiger partial charge is 0.445 e. The molecule has 3 rings (SSSR count). The normalized spacial score (nSPS) is 21.1. The molecule has 0 aromatic heterocycles. The number of fused-ring (bicyclic) bond motifs is 3. The lowest BCUT2D eigenvalue weighted by Gasteiger charge is -2.21. The second-order valence-corrected chi connectivity index (χ2v) is 4.63. The average molecular weight is 256 g/mol. The summed E-state index contributed by atoms with van der Waals surface area (Å²) in [6.07, 6.45) is 0. The average Bonchev–Trinajstić information content (AvgIpc) is 2.61. The fourth-order valence-electron chi connectivity index (χ4n) is 2.40. The molecular formula is C15H12O4. The highest BCUT2D eigenvalue weighted by Gasteiger charge is 2.48. The summed E-state index contributed by atoms with van der Waals surface area (Å²) in [5.41, 5.74) is 0.474. The zero-order valence-electron chi connectivity index (χ0n) is 10.6. The standard InChI is InChI=1S/C15H12O4/c1-9(16)18-15(2)14(17)13-11-6-4-3-5-10(11)7-8-12(13)19-15/h3-8H,1-2H3. The van der Waals surface area contributed by atoms with Crippen LogP contribution in [0.1, 0.15) is 24.2 Å². The van der Waals surface area contributed by atoms with Crippen LogP contribution in [0.5, 0.6) is 5.75 Å². The lowest BCUT2D eigenvalue weighted by atomic mass is 9.99. The van der Waals surface area contributed by atoms with Crippen LogP contribution < -0.4 is 4.74 Å². The molecule has 0 N–H and O–H groups in total. The second kappa shape index (κ2) is 3.82. The number of carbonyl (C=O) groups is 2. The fraction of sp³-hybridized carbons (Fsp3) is 0.200. The van der Waals surface area contributed by atoms with Crippen molar-refractivity contribution in [2.45, 2.75) is 19.6 Å². The van der Waals surface area contributed by atoms with Gasteiger partial charge in [-0.3, -0.25) is 9.59 Å². The van der Waals surface area contributed by atoms with Crippen LogP contribution in [0.3, 0.4) is 0 Å². The van der Waals surface area contributed by atoms with Gasteiger partial charge < -0.3 is 9.47 Å². The molecular weight excluding hydrogens is 244 g/mol. The van der Waals surface area contributed by atoms with Gasteiger partial charge in [0.25, 0.3) is 5.78 Å². The molecule has 0 spiro atoms. The van der Waals surface area contributed by atoms with Crippen molar-refractivity contribution in [3.8, 4) is 5.75 Å². The van der Waals surface area contributed by atoms with Crippen molar-refractivity contribution in [1.29, 1.82) is 0 Å². The third kappa shape index (κ3) is 1.68. The number of Topliss-reactive ketones (excluding diaryl/α,β-unsaturated/α-hetero) is 1. The van der Waals surface area contributed by atoms with Crippen LogP contribution in [-0.2, 0) is 9.53 Å². The Hall–Kier alpha value is -2.36. The number of hydrogen-bond donors (Lipinski definition) is 0. The van der Waals surface area contributed by atoms with Crippen LogP contribution in [0.25, 0.3) is 10.8 Å². The predicted molar refractivity (Wildman–Crippen MR) is 69.1 cm³/mol. The van der Waals surface area contributed by atoms with Gasteiger partial charge in [0.1, 0.15) is 5.75 Å². The molecule has 0 fully saturated rings. The van der Waals surface area contributed by atoms with E-state index in [0.717, 1.165) is 10.8 Å². The number of esters is 1. The topological polar surface area (TPSA) is 52.6 Å². The van der Waals surface area contributed by atoms with E-state index in [9.17, 15) is 9.59 Å². The Balaban J connectivity index is 2.19. The van der Waals surface area contributed by atoms with Crippen molar-refractivity contribution in [2.75, 3.05) is 0 Å². The van der Waals surface area contributed by atoms with Gasteiger partial charge in [-0.2, -0.15) is 0 Å². The van der Waals surface area contributed by atoms with Gasteiger partial charge in [0.15, 0.2) is 0 Å². The summed E-state index contributed by atoms with van der Waals surface area (Å²) in [5, 5.41) is 1.76. The smallest absolute Gasteiger partial charge is 0.315 e.